The molecule has 25 heavy (non-hydrogen) atoms. The molecule has 0 bridgehead atoms. The van der Waals surface area contributed by atoms with Crippen LogP contribution in [0.3, 0.4) is 0 Å². The molecule has 2 heterocycles. The van der Waals surface area contributed by atoms with E-state index in [1.807, 2.05) is 24.3 Å². The standard InChI is InChI=1S/C20H12FN3O/c21-15-5-3-4-13(10-15)19-9-8-16(25-19)11-14(12-22)20-23-17-6-1-2-7-18(17)24-20/h1-11H,(H,23,24)/b14-11+. The van der Waals surface area contributed by atoms with Crippen LogP contribution in [-0.4, -0.2) is 9.97 Å². The number of rotatable bonds is 3. The van der Waals surface area contributed by atoms with Crippen molar-refractivity contribution < 1.29 is 8.81 Å². The second-order valence-corrected chi connectivity index (χ2v) is 5.48. The molecule has 5 heteroatoms. The predicted octanol–water partition coefficient (Wildman–Crippen LogP) is 5.03. The molecular formula is C20H12FN3O. The maximum atomic E-state index is 13.3. The Morgan fingerprint density at radius 1 is 1.12 bits per heavy atom. The maximum Gasteiger partial charge on any atom is 0.149 e. The Kier molecular flexibility index (Phi) is 3.64. The van der Waals surface area contributed by atoms with Gasteiger partial charge in [-0.2, -0.15) is 5.26 Å². The molecule has 0 unspecified atom stereocenters. The number of aromatic nitrogens is 2. The summed E-state index contributed by atoms with van der Waals surface area (Å²) >= 11 is 0. The van der Waals surface area contributed by atoms with Crippen LogP contribution < -0.4 is 0 Å². The number of H-pyrrole nitrogens is 1. The first-order chi connectivity index (χ1) is 12.2. The zero-order valence-corrected chi connectivity index (χ0v) is 13.0. The number of aromatic amines is 1. The van der Waals surface area contributed by atoms with E-state index in [1.165, 1.54) is 12.1 Å². The van der Waals surface area contributed by atoms with E-state index in [4.69, 9.17) is 4.42 Å². The van der Waals surface area contributed by atoms with Crippen LogP contribution in [0.4, 0.5) is 4.39 Å². The first-order valence-electron chi connectivity index (χ1n) is 7.65. The number of halogens is 1. The SMILES string of the molecule is N#C/C(=C\c1ccc(-c2cccc(F)c2)o1)c1nc2ccccc2[nH]1. The first-order valence-corrected chi connectivity index (χ1v) is 7.65. The normalized spacial score (nSPS) is 11.6. The molecule has 0 fully saturated rings. The van der Waals surface area contributed by atoms with Crippen molar-refractivity contribution in [1.82, 2.24) is 9.97 Å². The second-order valence-electron chi connectivity index (χ2n) is 5.48. The minimum atomic E-state index is -0.328. The first kappa shape index (κ1) is 14.9. The number of benzene rings is 2. The maximum absolute atomic E-state index is 13.3. The molecule has 2 aromatic heterocycles. The van der Waals surface area contributed by atoms with Crippen LogP contribution in [0, 0.1) is 17.1 Å². The van der Waals surface area contributed by atoms with Crippen LogP contribution in [0.1, 0.15) is 11.6 Å². The molecule has 0 aliphatic heterocycles. The summed E-state index contributed by atoms with van der Waals surface area (Å²) in [6, 6.07) is 19.3. The number of fused-ring (bicyclic) bond motifs is 1. The van der Waals surface area contributed by atoms with E-state index in [2.05, 4.69) is 16.0 Å². The van der Waals surface area contributed by atoms with E-state index in [-0.39, 0.29) is 5.82 Å². The van der Waals surface area contributed by atoms with Gasteiger partial charge in [0.2, 0.25) is 0 Å². The van der Waals surface area contributed by atoms with E-state index in [0.29, 0.717) is 28.5 Å². The quantitative estimate of drug-likeness (QED) is 0.536. The van der Waals surface area contributed by atoms with Crippen LogP contribution >= 0.6 is 0 Å². The third-order valence-electron chi connectivity index (χ3n) is 3.79. The Labute approximate surface area is 142 Å². The highest BCUT2D eigenvalue weighted by Crippen LogP contribution is 2.25. The topological polar surface area (TPSA) is 65.6 Å². The van der Waals surface area contributed by atoms with Gasteiger partial charge >= 0.3 is 0 Å². The summed E-state index contributed by atoms with van der Waals surface area (Å²) in [4.78, 5) is 7.54. The molecule has 0 radical (unpaired) electrons. The van der Waals surface area contributed by atoms with Crippen molar-refractivity contribution in [3.8, 4) is 17.4 Å². The van der Waals surface area contributed by atoms with Gasteiger partial charge in [-0.15, -0.1) is 0 Å². The van der Waals surface area contributed by atoms with E-state index >= 15 is 0 Å². The Bertz CT molecular complexity index is 1100. The molecule has 0 aliphatic carbocycles. The highest BCUT2D eigenvalue weighted by molar-refractivity contribution is 5.89. The number of imidazole rings is 1. The number of hydrogen-bond donors (Lipinski definition) is 1. The molecule has 4 rings (SSSR count). The van der Waals surface area contributed by atoms with Crippen LogP contribution in [0.25, 0.3) is 34.0 Å². The molecule has 120 valence electrons. The van der Waals surface area contributed by atoms with Crippen LogP contribution in [0.5, 0.6) is 0 Å². The molecule has 0 atom stereocenters. The summed E-state index contributed by atoms with van der Waals surface area (Å²) in [5.41, 5.74) is 2.65. The zero-order valence-electron chi connectivity index (χ0n) is 13.0. The van der Waals surface area contributed by atoms with Crippen LogP contribution in [0.2, 0.25) is 0 Å². The Hall–Kier alpha value is -3.65. The summed E-state index contributed by atoms with van der Waals surface area (Å²) in [6.45, 7) is 0. The van der Waals surface area contributed by atoms with Crippen molar-refractivity contribution in [1.29, 1.82) is 5.26 Å². The molecule has 0 saturated carbocycles. The van der Waals surface area contributed by atoms with E-state index in [1.54, 1.807) is 30.3 Å². The molecule has 4 nitrogen and oxygen atoms in total. The summed E-state index contributed by atoms with van der Waals surface area (Å²) in [6.07, 6.45) is 1.61. The molecular weight excluding hydrogens is 317 g/mol. The number of nitrogens with one attached hydrogen (secondary N) is 1. The lowest BCUT2D eigenvalue weighted by Crippen LogP contribution is -1.84. The van der Waals surface area contributed by atoms with Crippen molar-refractivity contribution in [2.24, 2.45) is 0 Å². The van der Waals surface area contributed by atoms with Gasteiger partial charge in [0, 0.05) is 11.6 Å². The van der Waals surface area contributed by atoms with Gasteiger partial charge in [-0.1, -0.05) is 24.3 Å². The van der Waals surface area contributed by atoms with Gasteiger partial charge in [0.15, 0.2) is 0 Å². The highest BCUT2D eigenvalue weighted by Gasteiger charge is 2.10. The zero-order chi connectivity index (χ0) is 17.2. The monoisotopic (exact) mass is 329 g/mol. The van der Waals surface area contributed by atoms with E-state index in [9.17, 15) is 9.65 Å². The Morgan fingerprint density at radius 3 is 2.80 bits per heavy atom. The summed E-state index contributed by atoms with van der Waals surface area (Å²) < 4.78 is 19.1. The number of allylic oxidation sites excluding steroid dienone is 1. The molecule has 1 N–H and O–H groups in total. The Balaban J connectivity index is 1.70. The Morgan fingerprint density at radius 2 is 2.00 bits per heavy atom. The van der Waals surface area contributed by atoms with Gasteiger partial charge in [0.1, 0.15) is 29.2 Å². The van der Waals surface area contributed by atoms with Crippen molar-refractivity contribution in [2.75, 3.05) is 0 Å². The minimum absolute atomic E-state index is 0.328. The van der Waals surface area contributed by atoms with Crippen LogP contribution in [0.15, 0.2) is 65.1 Å². The van der Waals surface area contributed by atoms with Crippen molar-refractivity contribution >= 4 is 22.7 Å². The van der Waals surface area contributed by atoms with Crippen molar-refractivity contribution in [3.05, 3.63) is 78.1 Å². The number of nitrogens with zero attached hydrogens (tertiary/aromatic N) is 2. The van der Waals surface area contributed by atoms with Gasteiger partial charge in [0.25, 0.3) is 0 Å². The van der Waals surface area contributed by atoms with Gasteiger partial charge < -0.3 is 9.40 Å². The van der Waals surface area contributed by atoms with Gasteiger partial charge in [-0.05, 0) is 36.4 Å². The molecule has 0 saturated heterocycles. The smallest absolute Gasteiger partial charge is 0.149 e. The molecule has 0 spiro atoms. The van der Waals surface area contributed by atoms with Crippen molar-refractivity contribution in [3.63, 3.8) is 0 Å². The number of para-hydroxylation sites is 2. The highest BCUT2D eigenvalue weighted by atomic mass is 19.1. The van der Waals surface area contributed by atoms with E-state index < -0.39 is 0 Å². The van der Waals surface area contributed by atoms with E-state index in [0.717, 1.165) is 11.0 Å². The summed E-state index contributed by atoms with van der Waals surface area (Å²) in [5.74, 6) is 1.18. The second kappa shape index (κ2) is 6.10. The average Bonchev–Trinajstić information content (AvgIpc) is 3.26. The van der Waals surface area contributed by atoms with Gasteiger partial charge in [-0.25, -0.2) is 9.37 Å². The fourth-order valence-electron chi connectivity index (χ4n) is 2.60. The summed E-state index contributed by atoms with van der Waals surface area (Å²) in [5, 5.41) is 9.46. The number of nitriles is 1. The molecule has 2 aromatic carbocycles. The lowest BCUT2D eigenvalue weighted by atomic mass is 10.2. The van der Waals surface area contributed by atoms with Gasteiger partial charge in [-0.3, -0.25) is 0 Å². The van der Waals surface area contributed by atoms with Crippen molar-refractivity contribution in [2.45, 2.75) is 0 Å². The lowest BCUT2D eigenvalue weighted by Gasteiger charge is -1.96. The fraction of sp³-hybridized carbons (Fsp3) is 0. The third-order valence-corrected chi connectivity index (χ3v) is 3.79. The third kappa shape index (κ3) is 2.93. The molecule has 4 aromatic rings. The predicted molar refractivity (Wildman–Crippen MR) is 93.7 cm³/mol. The average molecular weight is 329 g/mol. The molecule has 0 aliphatic rings. The van der Waals surface area contributed by atoms with Gasteiger partial charge in [0.05, 0.1) is 16.6 Å². The fourth-order valence-corrected chi connectivity index (χ4v) is 2.60. The lowest BCUT2D eigenvalue weighted by molar-refractivity contribution is 0.570. The molecule has 0 amide bonds. The van der Waals surface area contributed by atoms with Crippen LogP contribution in [-0.2, 0) is 0 Å². The summed E-state index contributed by atoms with van der Waals surface area (Å²) in [7, 11) is 0. The number of hydrogen-bond acceptors (Lipinski definition) is 3. The minimum Gasteiger partial charge on any atom is -0.457 e. The number of furan rings is 1. The largest absolute Gasteiger partial charge is 0.457 e.